The molecule has 10 rings (SSSR count). The van der Waals surface area contributed by atoms with E-state index in [9.17, 15) is 4.79 Å². The van der Waals surface area contributed by atoms with Crippen molar-refractivity contribution in [3.05, 3.63) is 247 Å². The fourth-order valence-corrected chi connectivity index (χ4v) is 17.7. The number of rotatable bonds is 30. The number of carbonyl (C=O) groups is 2. The van der Waals surface area contributed by atoms with Crippen molar-refractivity contribution in [2.75, 3.05) is 34.5 Å². The third kappa shape index (κ3) is 17.0. The van der Waals surface area contributed by atoms with Gasteiger partial charge < -0.3 is 70.7 Å². The van der Waals surface area contributed by atoms with E-state index < -0.39 is 105 Å². The van der Waals surface area contributed by atoms with E-state index in [1.165, 1.54) is 27.2 Å². The van der Waals surface area contributed by atoms with Crippen molar-refractivity contribution < 1.29 is 80.3 Å². The molecule has 7 aromatic carbocycles. The van der Waals surface area contributed by atoms with Gasteiger partial charge in [0.15, 0.2) is 12.6 Å². The molecule has 0 amide bonds. The summed E-state index contributed by atoms with van der Waals surface area (Å²) in [7, 11) is 1.14. The summed E-state index contributed by atoms with van der Waals surface area (Å²) in [6.45, 7) is 16.6. The van der Waals surface area contributed by atoms with Crippen molar-refractivity contribution in [3.63, 3.8) is 0 Å². The normalized spacial score (nSPS) is 26.9. The van der Waals surface area contributed by atoms with Crippen LogP contribution in [0.2, 0.25) is 5.04 Å². The van der Waals surface area contributed by atoms with Gasteiger partial charge in [-0.15, -0.1) is 0 Å². The van der Waals surface area contributed by atoms with Crippen molar-refractivity contribution in [2.24, 2.45) is 5.92 Å². The molecule has 3 aliphatic rings. The average Bonchev–Trinajstić information content (AvgIpc) is 0.746. The van der Waals surface area contributed by atoms with Crippen molar-refractivity contribution in [1.82, 2.24) is 0 Å². The smallest absolute Gasteiger partial charge is 0.345 e. The summed E-state index contributed by atoms with van der Waals surface area (Å²) in [4.78, 5) is 28.3. The van der Waals surface area contributed by atoms with E-state index in [1.54, 1.807) is 7.11 Å². The SMILES string of the molecule is C=CC1(C(=O)OC)O[C@@H](O[C@@H]2C(CO[Si](c3ccccc3)(c3ccccc3)C(C)(C)C)O[C@H](C)C(C)[C@@H]2OCc2ccc(OC)cc2)C(OCc2ccccc2)[C@@H](OC)[C@@H]1O[C@@H]1OC(COC(C)=O)[C@@H](OCc2ccccc2)[C@@H](OCc2ccccc2)C1OCc1ccccc1. The molecule has 0 aromatic heterocycles. The second-order valence-corrected chi connectivity index (χ2v) is 29.9. The maximum absolute atomic E-state index is 15.4. The maximum atomic E-state index is 15.4. The zero-order chi connectivity index (χ0) is 67.7. The molecule has 0 saturated carbocycles. The number of hydrogen-bond donors (Lipinski definition) is 0. The second kappa shape index (κ2) is 33.8. The molecule has 6 unspecified atom stereocenters. The van der Waals surface area contributed by atoms with Gasteiger partial charge in [0.05, 0.1) is 66.1 Å². The van der Waals surface area contributed by atoms with Crippen molar-refractivity contribution in [3.8, 4) is 5.75 Å². The van der Waals surface area contributed by atoms with Crippen LogP contribution in [0.5, 0.6) is 5.75 Å². The number of methoxy groups -OCH3 is 3. The summed E-state index contributed by atoms with van der Waals surface area (Å²) in [6, 6.07) is 67.2. The summed E-state index contributed by atoms with van der Waals surface area (Å²) < 4.78 is 103. The highest BCUT2D eigenvalue weighted by atomic mass is 28.4. The molecule has 0 radical (unpaired) electrons. The van der Waals surface area contributed by atoms with Crippen LogP contribution in [0.3, 0.4) is 0 Å². The predicted molar refractivity (Wildman–Crippen MR) is 364 cm³/mol. The number of esters is 2. The third-order valence-electron chi connectivity index (χ3n) is 18.3. The molecule has 0 bridgehead atoms. The minimum atomic E-state index is -3.23. The van der Waals surface area contributed by atoms with Crippen molar-refractivity contribution in [2.45, 2.75) is 165 Å². The van der Waals surface area contributed by atoms with E-state index in [1.807, 2.05) is 189 Å². The number of benzene rings is 7. The average molecular weight is 1330 g/mol. The Morgan fingerprint density at radius 2 is 0.927 bits per heavy atom. The maximum Gasteiger partial charge on any atom is 0.345 e. The Morgan fingerprint density at radius 1 is 0.500 bits per heavy atom. The molecule has 0 aliphatic carbocycles. The lowest BCUT2D eigenvalue weighted by Crippen LogP contribution is -2.72. The molecular formula is C78H92O17Si. The fourth-order valence-electron chi connectivity index (χ4n) is 13.1. The van der Waals surface area contributed by atoms with Gasteiger partial charge in [-0.25, -0.2) is 4.79 Å². The Hall–Kier alpha value is -7.24. The van der Waals surface area contributed by atoms with Crippen LogP contribution in [0.25, 0.3) is 0 Å². The summed E-state index contributed by atoms with van der Waals surface area (Å²) in [5, 5.41) is 1.75. The van der Waals surface area contributed by atoms with Gasteiger partial charge in [-0.1, -0.05) is 228 Å². The van der Waals surface area contributed by atoms with Crippen molar-refractivity contribution >= 4 is 30.6 Å². The highest BCUT2D eigenvalue weighted by Crippen LogP contribution is 2.44. The largest absolute Gasteiger partial charge is 0.497 e. The van der Waals surface area contributed by atoms with E-state index in [-0.39, 0.29) is 58.3 Å². The molecule has 3 aliphatic heterocycles. The summed E-state index contributed by atoms with van der Waals surface area (Å²) in [5.74, 6) is -1.05. The molecule has 510 valence electrons. The van der Waals surface area contributed by atoms with Crippen LogP contribution >= 0.6 is 0 Å². The van der Waals surface area contributed by atoms with Crippen LogP contribution in [0, 0.1) is 5.92 Å². The monoisotopic (exact) mass is 1330 g/mol. The molecule has 0 N–H and O–H groups in total. The summed E-state index contributed by atoms with van der Waals surface area (Å²) >= 11 is 0. The lowest BCUT2D eigenvalue weighted by Gasteiger charge is -2.54. The number of ether oxygens (including phenoxy) is 14. The first-order chi connectivity index (χ1) is 46.6. The standard InChI is InChI=1S/C78H92O17Si/c1-11-78(76(80)83-10)73(94-74-71(88-48-58-34-22-14-23-35-58)69(87-47-57-32-20-13-21-33-57)67(64(92-74)51-84-55(4)79)86-46-56-30-18-12-19-31-56)70(82-9)72(89-49-59-36-24-15-25-37-59)75(95-78)93-68-65(91-54(3)53(2)66(68)85-50-60-42-44-61(81-8)45-43-60)52-90-96(77(5,6)7,62-38-26-16-27-39-62)63-40-28-17-29-41-63/h11-45,53-54,64-75H,1,46-52H2,2-10H3/t53?,54-,64?,65?,66+,67-,68-,69-,70-,71?,72?,73+,74+,75-,78?/m1/s1. The minimum Gasteiger partial charge on any atom is -0.497 e. The topological polar surface area (TPSA) is 173 Å². The zero-order valence-electron chi connectivity index (χ0n) is 56.4. The highest BCUT2D eigenvalue weighted by Gasteiger charge is 2.64. The van der Waals surface area contributed by atoms with E-state index in [4.69, 9.17) is 70.7 Å². The van der Waals surface area contributed by atoms with Gasteiger partial charge in [-0.3, -0.25) is 4.79 Å². The van der Waals surface area contributed by atoms with Crippen LogP contribution in [0.15, 0.2) is 219 Å². The molecule has 15 atom stereocenters. The van der Waals surface area contributed by atoms with Gasteiger partial charge in [0.25, 0.3) is 8.32 Å². The lowest BCUT2D eigenvalue weighted by atomic mass is 9.85. The fraction of sp³-hybridized carbons (Fsp3) is 0.410. The van der Waals surface area contributed by atoms with Gasteiger partial charge in [0.1, 0.15) is 67.3 Å². The minimum absolute atomic E-state index is 0.0239. The van der Waals surface area contributed by atoms with E-state index >= 15 is 4.79 Å². The lowest BCUT2D eigenvalue weighted by molar-refractivity contribution is -0.390. The molecule has 96 heavy (non-hydrogen) atoms. The van der Waals surface area contributed by atoms with Crippen LogP contribution in [-0.2, 0) is 109 Å². The Balaban J connectivity index is 1.09. The zero-order valence-corrected chi connectivity index (χ0v) is 57.4. The van der Waals surface area contributed by atoms with E-state index in [2.05, 4.69) is 58.5 Å². The van der Waals surface area contributed by atoms with Gasteiger partial charge in [0.2, 0.25) is 5.60 Å². The molecule has 7 aromatic rings. The number of hydrogen-bond acceptors (Lipinski definition) is 17. The molecule has 3 fully saturated rings. The van der Waals surface area contributed by atoms with Crippen LogP contribution in [0.4, 0.5) is 0 Å². The second-order valence-electron chi connectivity index (χ2n) is 25.6. The first-order valence-corrected chi connectivity index (χ1v) is 34.8. The molecule has 3 saturated heterocycles. The predicted octanol–water partition coefficient (Wildman–Crippen LogP) is 11.4. The van der Waals surface area contributed by atoms with Crippen LogP contribution in [-0.4, -0.2) is 140 Å². The molecule has 18 heteroatoms. The first kappa shape index (κ1) is 71.5. The van der Waals surface area contributed by atoms with Crippen LogP contribution in [0.1, 0.15) is 69.4 Å². The third-order valence-corrected chi connectivity index (χ3v) is 23.3. The Bertz CT molecular complexity index is 3440. The first-order valence-electron chi connectivity index (χ1n) is 32.9. The highest BCUT2D eigenvalue weighted by molar-refractivity contribution is 6.99. The van der Waals surface area contributed by atoms with Crippen molar-refractivity contribution in [1.29, 1.82) is 0 Å². The van der Waals surface area contributed by atoms with Crippen LogP contribution < -0.4 is 15.1 Å². The Morgan fingerprint density at radius 3 is 1.36 bits per heavy atom. The van der Waals surface area contributed by atoms with E-state index in [0.29, 0.717) is 5.75 Å². The Labute approximate surface area is 566 Å². The molecule has 17 nitrogen and oxygen atoms in total. The summed E-state index contributed by atoms with van der Waals surface area (Å²) in [6.07, 6.45) is -12.8. The molecule has 3 heterocycles. The molecular weight excluding hydrogens is 1240 g/mol. The van der Waals surface area contributed by atoms with Gasteiger partial charge in [0, 0.05) is 20.0 Å². The number of carbonyl (C=O) groups excluding carboxylic acids is 2. The van der Waals surface area contributed by atoms with Gasteiger partial charge in [-0.2, -0.15) is 0 Å². The molecule has 0 spiro atoms. The van der Waals surface area contributed by atoms with Gasteiger partial charge >= 0.3 is 11.9 Å². The van der Waals surface area contributed by atoms with Gasteiger partial charge in [-0.05, 0) is 68.4 Å². The quantitative estimate of drug-likeness (QED) is 0.0236. The summed E-state index contributed by atoms with van der Waals surface area (Å²) in [5.41, 5.74) is 2.00. The van der Waals surface area contributed by atoms with E-state index in [0.717, 1.165) is 38.2 Å². The Kier molecular flexibility index (Phi) is 25.2.